The summed E-state index contributed by atoms with van der Waals surface area (Å²) in [6.45, 7) is 5.55. The molecule has 0 amide bonds. The maximum atomic E-state index is 8.81. The first-order chi connectivity index (χ1) is 6.63. The van der Waals surface area contributed by atoms with Crippen molar-refractivity contribution in [2.24, 2.45) is 0 Å². The van der Waals surface area contributed by atoms with Gasteiger partial charge in [0, 0.05) is 10.7 Å². The number of nitrogens with zero attached hydrogens (tertiary/aromatic N) is 1. The van der Waals surface area contributed by atoms with Crippen LogP contribution in [0.2, 0.25) is 5.02 Å². The normalized spacial score (nSPS) is 11.5. The smallest absolute Gasteiger partial charge is 0.135 e. The van der Waals surface area contributed by atoms with Crippen LogP contribution in [0.3, 0.4) is 0 Å². The summed E-state index contributed by atoms with van der Waals surface area (Å²) in [7, 11) is 0. The van der Waals surface area contributed by atoms with Crippen molar-refractivity contribution in [3.8, 4) is 6.07 Å². The van der Waals surface area contributed by atoms with Crippen molar-refractivity contribution in [3.05, 3.63) is 41.4 Å². The monoisotopic (exact) mass is 206 g/mol. The Morgan fingerprint density at radius 1 is 1.50 bits per heavy atom. The molecule has 0 saturated heterocycles. The van der Waals surface area contributed by atoms with Crippen LogP contribution < -0.4 is 5.32 Å². The van der Waals surface area contributed by atoms with Crippen LogP contribution in [0.1, 0.15) is 6.92 Å². The summed E-state index contributed by atoms with van der Waals surface area (Å²) in [4.78, 5) is 0. The summed E-state index contributed by atoms with van der Waals surface area (Å²) in [5.74, 6) is 0. The number of nitrogens with one attached hydrogen (secondary N) is 1. The SMILES string of the molecule is C=C(C)C(C#N)Nc1ccc(Cl)cc1. The largest absolute Gasteiger partial charge is 0.366 e. The standard InChI is InChI=1S/C11H11ClN2/c1-8(2)11(7-13)14-10-5-3-9(12)4-6-10/h3-6,11,14H,1H2,2H3. The van der Waals surface area contributed by atoms with E-state index >= 15 is 0 Å². The van der Waals surface area contributed by atoms with Crippen LogP contribution in [-0.2, 0) is 0 Å². The summed E-state index contributed by atoms with van der Waals surface area (Å²) in [5.41, 5.74) is 1.66. The van der Waals surface area contributed by atoms with E-state index in [1.807, 2.05) is 19.1 Å². The lowest BCUT2D eigenvalue weighted by Gasteiger charge is -2.12. The Labute approximate surface area is 88.8 Å². The van der Waals surface area contributed by atoms with E-state index in [1.54, 1.807) is 12.1 Å². The molecule has 0 radical (unpaired) electrons. The number of halogens is 1. The van der Waals surface area contributed by atoms with Crippen molar-refractivity contribution >= 4 is 17.3 Å². The lowest BCUT2D eigenvalue weighted by Crippen LogP contribution is -2.17. The highest BCUT2D eigenvalue weighted by atomic mass is 35.5. The predicted octanol–water partition coefficient (Wildman–Crippen LogP) is 3.22. The molecule has 1 atom stereocenters. The summed E-state index contributed by atoms with van der Waals surface area (Å²) in [5, 5.41) is 12.5. The summed E-state index contributed by atoms with van der Waals surface area (Å²) in [6.07, 6.45) is 0. The predicted molar refractivity (Wildman–Crippen MR) is 59.3 cm³/mol. The molecule has 0 saturated carbocycles. The lowest BCUT2D eigenvalue weighted by molar-refractivity contribution is 1.03. The molecule has 2 nitrogen and oxygen atoms in total. The van der Waals surface area contributed by atoms with Gasteiger partial charge in [-0.15, -0.1) is 0 Å². The van der Waals surface area contributed by atoms with Crippen molar-refractivity contribution in [3.63, 3.8) is 0 Å². The first kappa shape index (κ1) is 10.6. The zero-order chi connectivity index (χ0) is 10.6. The minimum absolute atomic E-state index is 0.351. The zero-order valence-electron chi connectivity index (χ0n) is 7.92. The molecule has 0 bridgehead atoms. The molecule has 1 aromatic rings. The first-order valence-corrected chi connectivity index (χ1v) is 4.58. The van der Waals surface area contributed by atoms with Gasteiger partial charge >= 0.3 is 0 Å². The van der Waals surface area contributed by atoms with Crippen molar-refractivity contribution < 1.29 is 0 Å². The van der Waals surface area contributed by atoms with E-state index < -0.39 is 0 Å². The van der Waals surface area contributed by atoms with E-state index in [0.29, 0.717) is 5.02 Å². The molecule has 14 heavy (non-hydrogen) atoms. The van der Waals surface area contributed by atoms with Crippen LogP contribution >= 0.6 is 11.6 Å². The number of nitriles is 1. The van der Waals surface area contributed by atoms with E-state index in [2.05, 4.69) is 18.0 Å². The van der Waals surface area contributed by atoms with Gasteiger partial charge in [-0.1, -0.05) is 18.2 Å². The summed E-state index contributed by atoms with van der Waals surface area (Å²) in [6, 6.07) is 8.98. The summed E-state index contributed by atoms with van der Waals surface area (Å²) >= 11 is 5.73. The third-order valence-electron chi connectivity index (χ3n) is 1.78. The molecule has 0 aliphatic heterocycles. The Morgan fingerprint density at radius 3 is 2.50 bits per heavy atom. The van der Waals surface area contributed by atoms with Crippen molar-refractivity contribution in [1.82, 2.24) is 0 Å². The second-order valence-corrected chi connectivity index (χ2v) is 3.50. The Bertz CT molecular complexity index is 362. The van der Waals surface area contributed by atoms with Gasteiger partial charge in [-0.05, 0) is 36.8 Å². The minimum atomic E-state index is -0.351. The molecule has 1 aromatic carbocycles. The Hall–Kier alpha value is -1.46. The Kier molecular flexibility index (Phi) is 3.55. The fraction of sp³-hybridized carbons (Fsp3) is 0.182. The van der Waals surface area contributed by atoms with Crippen LogP contribution in [0, 0.1) is 11.3 Å². The van der Waals surface area contributed by atoms with E-state index in [0.717, 1.165) is 11.3 Å². The fourth-order valence-electron chi connectivity index (χ4n) is 0.978. The molecule has 0 heterocycles. The second-order valence-electron chi connectivity index (χ2n) is 3.06. The van der Waals surface area contributed by atoms with Crippen LogP contribution in [-0.4, -0.2) is 6.04 Å². The molecule has 72 valence electrons. The number of benzene rings is 1. The van der Waals surface area contributed by atoms with Gasteiger partial charge in [0.05, 0.1) is 6.07 Å². The average molecular weight is 207 g/mol. The van der Waals surface area contributed by atoms with Crippen LogP contribution in [0.5, 0.6) is 0 Å². The Morgan fingerprint density at radius 2 is 2.07 bits per heavy atom. The second kappa shape index (κ2) is 4.69. The highest BCUT2D eigenvalue weighted by Crippen LogP contribution is 2.15. The third-order valence-corrected chi connectivity index (χ3v) is 2.03. The van der Waals surface area contributed by atoms with Gasteiger partial charge in [0.2, 0.25) is 0 Å². The highest BCUT2D eigenvalue weighted by molar-refractivity contribution is 6.30. The van der Waals surface area contributed by atoms with Crippen molar-refractivity contribution in [2.75, 3.05) is 5.32 Å². The molecular formula is C11H11ClN2. The minimum Gasteiger partial charge on any atom is -0.366 e. The molecule has 0 spiro atoms. The maximum Gasteiger partial charge on any atom is 0.135 e. The molecular weight excluding hydrogens is 196 g/mol. The third kappa shape index (κ3) is 2.79. The van der Waals surface area contributed by atoms with E-state index in [-0.39, 0.29) is 6.04 Å². The Balaban J connectivity index is 2.74. The van der Waals surface area contributed by atoms with Gasteiger partial charge < -0.3 is 5.32 Å². The van der Waals surface area contributed by atoms with Crippen molar-refractivity contribution in [2.45, 2.75) is 13.0 Å². The van der Waals surface area contributed by atoms with Gasteiger partial charge in [-0.2, -0.15) is 5.26 Å². The molecule has 0 aliphatic rings. The molecule has 0 fully saturated rings. The molecule has 1 N–H and O–H groups in total. The fourth-order valence-corrected chi connectivity index (χ4v) is 1.10. The van der Waals surface area contributed by atoms with E-state index in [9.17, 15) is 0 Å². The van der Waals surface area contributed by atoms with Gasteiger partial charge in [0.1, 0.15) is 6.04 Å². The van der Waals surface area contributed by atoms with Gasteiger partial charge in [0.15, 0.2) is 0 Å². The molecule has 3 heteroatoms. The topological polar surface area (TPSA) is 35.8 Å². The molecule has 0 aromatic heterocycles. The van der Waals surface area contributed by atoms with Crippen LogP contribution in [0.15, 0.2) is 36.4 Å². The maximum absolute atomic E-state index is 8.81. The molecule has 0 aliphatic carbocycles. The van der Waals surface area contributed by atoms with E-state index in [1.165, 1.54) is 0 Å². The zero-order valence-corrected chi connectivity index (χ0v) is 8.67. The van der Waals surface area contributed by atoms with Crippen LogP contribution in [0.25, 0.3) is 0 Å². The number of rotatable bonds is 3. The highest BCUT2D eigenvalue weighted by Gasteiger charge is 2.06. The van der Waals surface area contributed by atoms with Gasteiger partial charge in [-0.3, -0.25) is 0 Å². The molecule has 1 rings (SSSR count). The average Bonchev–Trinajstić information content (AvgIpc) is 2.16. The van der Waals surface area contributed by atoms with Gasteiger partial charge in [0.25, 0.3) is 0 Å². The van der Waals surface area contributed by atoms with E-state index in [4.69, 9.17) is 16.9 Å². The molecule has 1 unspecified atom stereocenters. The number of hydrogen-bond donors (Lipinski definition) is 1. The van der Waals surface area contributed by atoms with Crippen molar-refractivity contribution in [1.29, 1.82) is 5.26 Å². The first-order valence-electron chi connectivity index (χ1n) is 4.20. The van der Waals surface area contributed by atoms with Crippen LogP contribution in [0.4, 0.5) is 5.69 Å². The van der Waals surface area contributed by atoms with Gasteiger partial charge in [-0.25, -0.2) is 0 Å². The summed E-state index contributed by atoms with van der Waals surface area (Å²) < 4.78 is 0. The quantitative estimate of drug-likeness (QED) is 0.771. The number of anilines is 1. The lowest BCUT2D eigenvalue weighted by atomic mass is 10.1. The number of hydrogen-bond acceptors (Lipinski definition) is 2.